The van der Waals surface area contributed by atoms with Gasteiger partial charge in [0.2, 0.25) is 0 Å². The number of carboxylic acid groups (broad SMARTS) is 1. The van der Waals surface area contributed by atoms with Crippen LogP contribution in [0.1, 0.15) is 23.7 Å². The van der Waals surface area contributed by atoms with Crippen LogP contribution in [-0.4, -0.2) is 17.7 Å². The third-order valence-corrected chi connectivity index (χ3v) is 1.58. The summed E-state index contributed by atoms with van der Waals surface area (Å²) in [4.78, 5) is 10.7. The van der Waals surface area contributed by atoms with Gasteiger partial charge in [0.15, 0.2) is 0 Å². The van der Waals surface area contributed by atoms with Gasteiger partial charge in [0.05, 0.1) is 6.61 Å². The Morgan fingerprint density at radius 1 is 1.43 bits per heavy atom. The van der Waals surface area contributed by atoms with Crippen LogP contribution in [0.5, 0.6) is 5.75 Å². The topological polar surface area (TPSA) is 46.5 Å². The highest BCUT2D eigenvalue weighted by Gasteiger charge is 2.08. The Bertz CT molecular complexity index is 299. The van der Waals surface area contributed by atoms with Gasteiger partial charge in [-0.25, -0.2) is 4.79 Å². The summed E-state index contributed by atoms with van der Waals surface area (Å²) in [7, 11) is 0. The van der Waals surface area contributed by atoms with Gasteiger partial charge >= 0.3 is 5.97 Å². The van der Waals surface area contributed by atoms with Gasteiger partial charge in [0, 0.05) is 0 Å². The van der Waals surface area contributed by atoms with Gasteiger partial charge in [-0.1, -0.05) is 19.1 Å². The zero-order valence-electron chi connectivity index (χ0n) is 7.90. The second kappa shape index (κ2) is 6.27. The van der Waals surface area contributed by atoms with Crippen LogP contribution >= 0.6 is 12.4 Å². The van der Waals surface area contributed by atoms with Crippen LogP contribution in [0.2, 0.25) is 0 Å². The van der Waals surface area contributed by atoms with E-state index in [1.54, 1.807) is 18.2 Å². The molecule has 0 fully saturated rings. The summed E-state index contributed by atoms with van der Waals surface area (Å²) in [5, 5.41) is 8.78. The van der Waals surface area contributed by atoms with Crippen molar-refractivity contribution in [1.82, 2.24) is 0 Å². The Kier molecular flexibility index (Phi) is 5.72. The molecule has 3 nitrogen and oxygen atoms in total. The van der Waals surface area contributed by atoms with Crippen LogP contribution in [0.3, 0.4) is 0 Å². The van der Waals surface area contributed by atoms with E-state index in [1.807, 2.05) is 6.92 Å². The number of para-hydroxylation sites is 1. The van der Waals surface area contributed by atoms with Crippen LogP contribution in [-0.2, 0) is 0 Å². The number of aromatic carboxylic acids is 1. The first-order valence-electron chi connectivity index (χ1n) is 4.20. The van der Waals surface area contributed by atoms with Crippen LogP contribution in [0, 0.1) is 0 Å². The molecule has 0 saturated heterocycles. The number of rotatable bonds is 4. The van der Waals surface area contributed by atoms with Crippen molar-refractivity contribution in [3.8, 4) is 5.75 Å². The largest absolute Gasteiger partial charge is 0.493 e. The zero-order chi connectivity index (χ0) is 9.68. The molecule has 1 N–H and O–H groups in total. The van der Waals surface area contributed by atoms with E-state index in [0.717, 1.165) is 6.42 Å². The number of hydrogen-bond acceptors (Lipinski definition) is 2. The Balaban J connectivity index is 0.00000169. The third-order valence-electron chi connectivity index (χ3n) is 1.58. The molecule has 0 aliphatic heterocycles. The normalized spacial score (nSPS) is 8.93. The summed E-state index contributed by atoms with van der Waals surface area (Å²) in [5.41, 5.74) is 0.218. The first kappa shape index (κ1) is 12.8. The fourth-order valence-corrected chi connectivity index (χ4v) is 0.981. The Hall–Kier alpha value is -1.22. The van der Waals surface area contributed by atoms with Crippen molar-refractivity contribution in [3.05, 3.63) is 29.8 Å². The van der Waals surface area contributed by atoms with Crippen molar-refractivity contribution in [3.63, 3.8) is 0 Å². The molecular formula is C10H13ClO3. The predicted octanol–water partition coefficient (Wildman–Crippen LogP) is 2.60. The molecule has 0 unspecified atom stereocenters. The van der Waals surface area contributed by atoms with E-state index in [1.165, 1.54) is 6.07 Å². The molecule has 0 radical (unpaired) electrons. The molecule has 4 heteroatoms. The van der Waals surface area contributed by atoms with Crippen molar-refractivity contribution in [1.29, 1.82) is 0 Å². The van der Waals surface area contributed by atoms with Gasteiger partial charge in [-0.15, -0.1) is 12.4 Å². The van der Waals surface area contributed by atoms with E-state index in [0.29, 0.717) is 12.4 Å². The summed E-state index contributed by atoms with van der Waals surface area (Å²) in [6, 6.07) is 6.64. The van der Waals surface area contributed by atoms with E-state index < -0.39 is 5.97 Å². The summed E-state index contributed by atoms with van der Waals surface area (Å²) < 4.78 is 5.27. The highest BCUT2D eigenvalue weighted by molar-refractivity contribution is 5.90. The van der Waals surface area contributed by atoms with Gasteiger partial charge in [0.25, 0.3) is 0 Å². The Morgan fingerprint density at radius 2 is 2.07 bits per heavy atom. The van der Waals surface area contributed by atoms with E-state index in [-0.39, 0.29) is 18.0 Å². The molecule has 0 bridgehead atoms. The van der Waals surface area contributed by atoms with Crippen molar-refractivity contribution in [2.75, 3.05) is 6.61 Å². The maximum Gasteiger partial charge on any atom is 0.339 e. The molecule has 0 amide bonds. The van der Waals surface area contributed by atoms with Crippen LogP contribution in [0.15, 0.2) is 24.3 Å². The number of ether oxygens (including phenoxy) is 1. The monoisotopic (exact) mass is 216 g/mol. The van der Waals surface area contributed by atoms with E-state index in [9.17, 15) is 4.79 Å². The average Bonchev–Trinajstić information content (AvgIpc) is 2.15. The molecule has 78 valence electrons. The van der Waals surface area contributed by atoms with Crippen molar-refractivity contribution < 1.29 is 14.6 Å². The Labute approximate surface area is 89.1 Å². The zero-order valence-corrected chi connectivity index (χ0v) is 8.71. The lowest BCUT2D eigenvalue weighted by Gasteiger charge is -2.06. The first-order valence-corrected chi connectivity index (χ1v) is 4.20. The minimum atomic E-state index is -0.952. The van der Waals surface area contributed by atoms with E-state index in [2.05, 4.69) is 0 Å². The van der Waals surface area contributed by atoms with Crippen LogP contribution < -0.4 is 4.74 Å². The molecule has 0 atom stereocenters. The van der Waals surface area contributed by atoms with Gasteiger partial charge in [-0.05, 0) is 18.6 Å². The lowest BCUT2D eigenvalue weighted by atomic mass is 10.2. The second-order valence-electron chi connectivity index (χ2n) is 2.65. The number of hydrogen-bond donors (Lipinski definition) is 1. The Morgan fingerprint density at radius 3 is 2.64 bits per heavy atom. The fraction of sp³-hybridized carbons (Fsp3) is 0.300. The lowest BCUT2D eigenvalue weighted by molar-refractivity contribution is 0.0692. The van der Waals surface area contributed by atoms with Gasteiger partial charge in [-0.3, -0.25) is 0 Å². The first-order chi connectivity index (χ1) is 6.25. The number of carboxylic acids is 1. The molecule has 0 saturated carbocycles. The quantitative estimate of drug-likeness (QED) is 0.842. The maximum atomic E-state index is 10.7. The lowest BCUT2D eigenvalue weighted by Crippen LogP contribution is -2.03. The minimum absolute atomic E-state index is 0. The molecule has 0 spiro atoms. The standard InChI is InChI=1S/C10H12O3.ClH/c1-2-7-13-9-6-4-3-5-8(9)10(11)12;/h3-6H,2,7H2,1H3,(H,11,12);1H. The predicted molar refractivity (Wildman–Crippen MR) is 56.4 cm³/mol. The third kappa shape index (κ3) is 3.26. The van der Waals surface area contributed by atoms with E-state index in [4.69, 9.17) is 9.84 Å². The van der Waals surface area contributed by atoms with Crippen molar-refractivity contribution in [2.24, 2.45) is 0 Å². The molecule has 0 aromatic heterocycles. The molecule has 1 rings (SSSR count). The molecule has 14 heavy (non-hydrogen) atoms. The molecule has 1 aromatic carbocycles. The number of halogens is 1. The SMILES string of the molecule is CCCOc1ccccc1C(=O)O.Cl. The van der Waals surface area contributed by atoms with Gasteiger partial charge in [0.1, 0.15) is 11.3 Å². The molecule has 0 aliphatic carbocycles. The summed E-state index contributed by atoms with van der Waals surface area (Å²) in [5.74, 6) is -0.511. The molecule has 0 aliphatic rings. The maximum absolute atomic E-state index is 10.7. The summed E-state index contributed by atoms with van der Waals surface area (Å²) >= 11 is 0. The second-order valence-corrected chi connectivity index (χ2v) is 2.65. The van der Waals surface area contributed by atoms with Gasteiger partial charge in [-0.2, -0.15) is 0 Å². The van der Waals surface area contributed by atoms with Crippen molar-refractivity contribution >= 4 is 18.4 Å². The number of carbonyl (C=O) groups is 1. The van der Waals surface area contributed by atoms with Gasteiger partial charge < -0.3 is 9.84 Å². The summed E-state index contributed by atoms with van der Waals surface area (Å²) in [6.45, 7) is 2.52. The van der Waals surface area contributed by atoms with E-state index >= 15 is 0 Å². The number of benzene rings is 1. The fourth-order valence-electron chi connectivity index (χ4n) is 0.981. The highest BCUT2D eigenvalue weighted by atomic mass is 35.5. The summed E-state index contributed by atoms with van der Waals surface area (Å²) in [6.07, 6.45) is 0.869. The van der Waals surface area contributed by atoms with Crippen LogP contribution in [0.4, 0.5) is 0 Å². The van der Waals surface area contributed by atoms with Crippen molar-refractivity contribution in [2.45, 2.75) is 13.3 Å². The molecule has 0 heterocycles. The molecule has 1 aromatic rings. The van der Waals surface area contributed by atoms with Crippen LogP contribution in [0.25, 0.3) is 0 Å². The minimum Gasteiger partial charge on any atom is -0.493 e. The average molecular weight is 217 g/mol. The highest BCUT2D eigenvalue weighted by Crippen LogP contribution is 2.17. The smallest absolute Gasteiger partial charge is 0.339 e. The molecular weight excluding hydrogens is 204 g/mol.